The molecular weight excluding hydrogens is 218 g/mol. The molecule has 3 N–H and O–H groups in total. The van der Waals surface area contributed by atoms with Gasteiger partial charge in [-0.25, -0.2) is 8.42 Å². The molecule has 0 aromatic carbocycles. The number of hydrogen-bond acceptors (Lipinski definition) is 5. The van der Waals surface area contributed by atoms with Gasteiger partial charge in [-0.15, -0.1) is 0 Å². The van der Waals surface area contributed by atoms with Gasteiger partial charge in [-0.2, -0.15) is 0 Å². The second-order valence-electron chi connectivity index (χ2n) is 3.09. The molecule has 1 aromatic heterocycles. The van der Waals surface area contributed by atoms with Gasteiger partial charge in [0.15, 0.2) is 15.7 Å². The van der Waals surface area contributed by atoms with Crippen LogP contribution in [0.2, 0.25) is 0 Å². The summed E-state index contributed by atoms with van der Waals surface area (Å²) in [7, 11) is -3.13. The molecule has 0 spiro atoms. The van der Waals surface area contributed by atoms with Gasteiger partial charge in [0, 0.05) is 18.0 Å². The Balaban J connectivity index is 3.04. The van der Waals surface area contributed by atoms with Crippen molar-refractivity contribution in [2.45, 2.75) is 5.75 Å². The first-order valence-corrected chi connectivity index (χ1v) is 6.09. The average molecular weight is 229 g/mol. The van der Waals surface area contributed by atoms with Gasteiger partial charge in [0.25, 0.3) is 0 Å². The monoisotopic (exact) mass is 229 g/mol. The van der Waals surface area contributed by atoms with Crippen LogP contribution in [0.3, 0.4) is 0 Å². The summed E-state index contributed by atoms with van der Waals surface area (Å²) in [4.78, 5) is 3.87. The van der Waals surface area contributed by atoms with Gasteiger partial charge >= 0.3 is 0 Å². The second kappa shape index (κ2) is 4.26. The minimum Gasteiger partial charge on any atom is -0.409 e. The Kier molecular flexibility index (Phi) is 3.25. The van der Waals surface area contributed by atoms with Crippen LogP contribution < -0.4 is 5.73 Å². The molecule has 0 saturated heterocycles. The lowest BCUT2D eigenvalue weighted by Gasteiger charge is -2.01. The largest absolute Gasteiger partial charge is 0.409 e. The van der Waals surface area contributed by atoms with Crippen molar-refractivity contribution < 1.29 is 13.6 Å². The van der Waals surface area contributed by atoms with Gasteiger partial charge in [0.2, 0.25) is 0 Å². The molecule has 0 aliphatic heterocycles. The highest BCUT2D eigenvalue weighted by Crippen LogP contribution is 2.05. The maximum absolute atomic E-state index is 11.0. The number of hydrogen-bond donors (Lipinski definition) is 2. The normalized spacial score (nSPS) is 12.7. The predicted octanol–water partition coefficient (Wildman–Crippen LogP) is -0.279. The highest BCUT2D eigenvalue weighted by Gasteiger charge is 2.07. The summed E-state index contributed by atoms with van der Waals surface area (Å²) in [5.41, 5.74) is 6.15. The Labute approximate surface area is 87.4 Å². The van der Waals surface area contributed by atoms with Gasteiger partial charge in [0.1, 0.15) is 0 Å². The maximum Gasteiger partial charge on any atom is 0.170 e. The van der Waals surface area contributed by atoms with E-state index in [-0.39, 0.29) is 11.6 Å². The van der Waals surface area contributed by atoms with E-state index >= 15 is 0 Å². The lowest BCUT2D eigenvalue weighted by atomic mass is 10.2. The van der Waals surface area contributed by atoms with E-state index in [1.807, 2.05) is 0 Å². The summed E-state index contributed by atoms with van der Waals surface area (Å²) in [5.74, 6) is -0.244. The highest BCUT2D eigenvalue weighted by atomic mass is 32.2. The van der Waals surface area contributed by atoms with Crippen LogP contribution in [0.1, 0.15) is 11.3 Å². The van der Waals surface area contributed by atoms with Crippen molar-refractivity contribution in [2.24, 2.45) is 10.9 Å². The Morgan fingerprint density at radius 3 is 2.87 bits per heavy atom. The molecule has 0 fully saturated rings. The SMILES string of the molecule is CS(=O)(=O)Cc1cc(/C(N)=N/O)ccn1. The quantitative estimate of drug-likeness (QED) is 0.321. The van der Waals surface area contributed by atoms with E-state index in [4.69, 9.17) is 10.9 Å². The number of nitrogens with zero attached hydrogens (tertiary/aromatic N) is 2. The molecule has 15 heavy (non-hydrogen) atoms. The molecule has 6 nitrogen and oxygen atoms in total. The highest BCUT2D eigenvalue weighted by molar-refractivity contribution is 7.89. The Morgan fingerprint density at radius 1 is 1.67 bits per heavy atom. The fourth-order valence-corrected chi connectivity index (χ4v) is 1.74. The number of rotatable bonds is 3. The molecule has 0 aliphatic carbocycles. The fourth-order valence-electron chi connectivity index (χ4n) is 1.04. The number of oxime groups is 1. The number of pyridine rings is 1. The molecular formula is C8H11N3O3S. The lowest BCUT2D eigenvalue weighted by molar-refractivity contribution is 0.318. The molecule has 0 aliphatic rings. The molecule has 1 aromatic rings. The molecule has 1 rings (SSSR count). The van der Waals surface area contributed by atoms with Crippen LogP contribution in [0.25, 0.3) is 0 Å². The second-order valence-corrected chi connectivity index (χ2v) is 5.23. The van der Waals surface area contributed by atoms with Gasteiger partial charge in [-0.3, -0.25) is 4.98 Å². The van der Waals surface area contributed by atoms with E-state index < -0.39 is 9.84 Å². The Bertz CT molecular complexity index is 482. The van der Waals surface area contributed by atoms with E-state index in [1.165, 1.54) is 18.3 Å². The van der Waals surface area contributed by atoms with E-state index in [0.29, 0.717) is 11.3 Å². The van der Waals surface area contributed by atoms with E-state index in [2.05, 4.69) is 10.1 Å². The lowest BCUT2D eigenvalue weighted by Crippen LogP contribution is -2.14. The Hall–Kier alpha value is -1.63. The molecule has 82 valence electrons. The van der Waals surface area contributed by atoms with Crippen molar-refractivity contribution in [3.63, 3.8) is 0 Å². The summed E-state index contributed by atoms with van der Waals surface area (Å²) in [6.45, 7) is 0. The van der Waals surface area contributed by atoms with Crippen molar-refractivity contribution in [3.8, 4) is 0 Å². The van der Waals surface area contributed by atoms with Gasteiger partial charge in [-0.05, 0) is 12.1 Å². The molecule has 0 atom stereocenters. The fraction of sp³-hybridized carbons (Fsp3) is 0.250. The summed E-state index contributed by atoms with van der Waals surface area (Å²) < 4.78 is 22.0. The van der Waals surface area contributed by atoms with Crippen LogP contribution in [0, 0.1) is 0 Å². The van der Waals surface area contributed by atoms with Crippen molar-refractivity contribution in [3.05, 3.63) is 29.6 Å². The number of aromatic nitrogens is 1. The van der Waals surface area contributed by atoms with E-state index in [0.717, 1.165) is 6.26 Å². The van der Waals surface area contributed by atoms with Gasteiger partial charge < -0.3 is 10.9 Å². The first-order valence-electron chi connectivity index (χ1n) is 4.03. The molecule has 7 heteroatoms. The zero-order valence-electron chi connectivity index (χ0n) is 8.08. The standard InChI is InChI=1S/C8H11N3O3S/c1-15(13,14)5-7-4-6(2-3-10-7)8(9)11-12/h2-4,12H,5H2,1H3,(H2,9,11). The minimum absolute atomic E-state index is 0.0767. The number of nitrogens with two attached hydrogens (primary N) is 1. The van der Waals surface area contributed by atoms with Gasteiger partial charge in [0.05, 0.1) is 11.4 Å². The molecule has 0 radical (unpaired) electrons. The topological polar surface area (TPSA) is 106 Å². The maximum atomic E-state index is 11.0. The van der Waals surface area contributed by atoms with E-state index in [9.17, 15) is 8.42 Å². The zero-order valence-corrected chi connectivity index (χ0v) is 8.90. The molecule has 0 amide bonds. The number of amidine groups is 1. The Morgan fingerprint density at radius 2 is 2.33 bits per heavy atom. The summed E-state index contributed by atoms with van der Waals surface area (Å²) >= 11 is 0. The molecule has 0 saturated carbocycles. The predicted molar refractivity (Wildman–Crippen MR) is 55.3 cm³/mol. The van der Waals surface area contributed by atoms with E-state index in [1.54, 1.807) is 0 Å². The van der Waals surface area contributed by atoms with Crippen LogP contribution in [-0.4, -0.2) is 30.7 Å². The summed E-state index contributed by atoms with van der Waals surface area (Å²) in [6, 6.07) is 3.00. The van der Waals surface area contributed by atoms with Crippen molar-refractivity contribution >= 4 is 15.7 Å². The summed E-state index contributed by atoms with van der Waals surface area (Å²) in [6.07, 6.45) is 2.53. The minimum atomic E-state index is -3.13. The zero-order chi connectivity index (χ0) is 11.5. The first-order chi connectivity index (χ1) is 6.92. The number of sulfone groups is 1. The van der Waals surface area contributed by atoms with Gasteiger partial charge in [-0.1, -0.05) is 5.16 Å². The average Bonchev–Trinajstić information content (AvgIpc) is 2.14. The third-order valence-corrected chi connectivity index (χ3v) is 2.45. The van der Waals surface area contributed by atoms with Crippen LogP contribution in [0.15, 0.2) is 23.5 Å². The smallest absolute Gasteiger partial charge is 0.170 e. The first kappa shape index (κ1) is 11.4. The van der Waals surface area contributed by atoms with Crippen LogP contribution in [0.4, 0.5) is 0 Å². The van der Waals surface area contributed by atoms with Crippen molar-refractivity contribution in [1.29, 1.82) is 0 Å². The molecule has 0 bridgehead atoms. The molecule has 1 heterocycles. The van der Waals surface area contributed by atoms with Crippen molar-refractivity contribution in [2.75, 3.05) is 6.26 Å². The van der Waals surface area contributed by atoms with Crippen LogP contribution in [-0.2, 0) is 15.6 Å². The third kappa shape index (κ3) is 3.55. The third-order valence-electron chi connectivity index (χ3n) is 1.63. The summed E-state index contributed by atoms with van der Waals surface area (Å²) in [5, 5.41) is 11.2. The van der Waals surface area contributed by atoms with Crippen molar-refractivity contribution in [1.82, 2.24) is 4.98 Å². The van der Waals surface area contributed by atoms with Crippen LogP contribution >= 0.6 is 0 Å². The molecule has 0 unspecified atom stereocenters. The van der Waals surface area contributed by atoms with Crippen LogP contribution in [0.5, 0.6) is 0 Å².